The molecule has 0 unspecified atom stereocenters. The number of Topliss-reactive ketones (excluding diaryl/α,β-unsaturated/α-hetero) is 1. The quantitative estimate of drug-likeness (QED) is 0.461. The van der Waals surface area contributed by atoms with Crippen LogP contribution in [0.15, 0.2) is 36.1 Å². The van der Waals surface area contributed by atoms with Gasteiger partial charge in [0.05, 0.1) is 5.56 Å². The van der Waals surface area contributed by atoms with Crippen molar-refractivity contribution in [1.82, 2.24) is 9.78 Å². The Bertz CT molecular complexity index is 612. The summed E-state index contributed by atoms with van der Waals surface area (Å²) in [5.41, 5.74) is -0.238. The van der Waals surface area contributed by atoms with Gasteiger partial charge in [-0.25, -0.2) is 8.78 Å². The second-order valence-corrected chi connectivity index (χ2v) is 3.45. The van der Waals surface area contributed by atoms with E-state index in [1.165, 1.54) is 6.33 Å². The molecule has 18 heavy (non-hydrogen) atoms. The summed E-state index contributed by atoms with van der Waals surface area (Å²) in [6, 6.07) is 2.68. The molecule has 0 saturated carbocycles. The average molecular weight is 253 g/mol. The van der Waals surface area contributed by atoms with Gasteiger partial charge < -0.3 is 0 Å². The smallest absolute Gasteiger partial charge is 0.290 e. The van der Waals surface area contributed by atoms with Gasteiger partial charge in [-0.15, -0.1) is 9.59 Å². The van der Waals surface area contributed by atoms with Crippen LogP contribution in [-0.2, 0) is 6.54 Å². The van der Waals surface area contributed by atoms with Crippen LogP contribution < -0.4 is 4.68 Å². The normalized spacial score (nSPS) is 10.3. The molecule has 0 atom stereocenters. The Morgan fingerprint density at radius 2 is 2.22 bits per heavy atom. The van der Waals surface area contributed by atoms with Gasteiger partial charge in [0.15, 0.2) is 6.54 Å². The monoisotopic (exact) mass is 253 g/mol. The molecule has 92 valence electrons. The van der Waals surface area contributed by atoms with E-state index < -0.39 is 17.4 Å². The average Bonchev–Trinajstić information content (AvgIpc) is 2.76. The first kappa shape index (κ1) is 12.0. The van der Waals surface area contributed by atoms with E-state index in [9.17, 15) is 18.5 Å². The van der Waals surface area contributed by atoms with Gasteiger partial charge >= 0.3 is 0 Å². The molecule has 1 heterocycles. The number of benzene rings is 1. The zero-order chi connectivity index (χ0) is 13.1. The molecule has 2 rings (SSSR count). The van der Waals surface area contributed by atoms with Crippen molar-refractivity contribution in [2.24, 2.45) is 5.29 Å². The van der Waals surface area contributed by atoms with Crippen molar-refractivity contribution in [2.45, 2.75) is 6.54 Å². The van der Waals surface area contributed by atoms with E-state index in [2.05, 4.69) is 10.4 Å². The molecule has 8 heteroatoms. The van der Waals surface area contributed by atoms with Crippen LogP contribution in [0.3, 0.4) is 0 Å². The highest BCUT2D eigenvalue weighted by molar-refractivity contribution is 5.96. The lowest BCUT2D eigenvalue weighted by atomic mass is 10.1. The van der Waals surface area contributed by atoms with Gasteiger partial charge in [-0.3, -0.25) is 4.79 Å². The number of hydrogen-bond donors (Lipinski definition) is 0. The van der Waals surface area contributed by atoms with Gasteiger partial charge in [0, 0.05) is 11.2 Å². The van der Waals surface area contributed by atoms with Gasteiger partial charge in [-0.2, -0.15) is 0 Å². The Balaban J connectivity index is 2.19. The molecular formula is C10H7F2N4O2+. The van der Waals surface area contributed by atoms with Gasteiger partial charge in [0.2, 0.25) is 5.78 Å². The molecule has 0 bridgehead atoms. The maximum atomic E-state index is 13.3. The Hall–Kier alpha value is -2.51. The molecule has 6 nitrogen and oxygen atoms in total. The highest BCUT2D eigenvalue weighted by Gasteiger charge is 2.17. The van der Waals surface area contributed by atoms with Crippen LogP contribution in [0, 0.1) is 16.5 Å². The molecule has 0 aliphatic rings. The van der Waals surface area contributed by atoms with E-state index in [1.807, 2.05) is 0 Å². The molecule has 2 aromatic rings. The van der Waals surface area contributed by atoms with Crippen molar-refractivity contribution in [2.75, 3.05) is 0 Å². The highest BCUT2D eigenvalue weighted by atomic mass is 19.1. The van der Waals surface area contributed by atoms with E-state index in [0.29, 0.717) is 6.07 Å². The van der Waals surface area contributed by atoms with Crippen LogP contribution in [-0.4, -0.2) is 15.6 Å². The van der Waals surface area contributed by atoms with E-state index >= 15 is 0 Å². The largest absolute Gasteiger partial charge is 0.292 e. The Labute approximate surface area is 99.4 Å². The molecule has 0 aliphatic carbocycles. The Kier molecular flexibility index (Phi) is 3.18. The summed E-state index contributed by atoms with van der Waals surface area (Å²) < 4.78 is 28.0. The summed E-state index contributed by atoms with van der Waals surface area (Å²) >= 11 is 0. The van der Waals surface area contributed by atoms with Crippen molar-refractivity contribution in [3.63, 3.8) is 0 Å². The van der Waals surface area contributed by atoms with Crippen molar-refractivity contribution >= 4 is 5.78 Å². The molecule has 0 amide bonds. The van der Waals surface area contributed by atoms with E-state index in [0.717, 1.165) is 27.8 Å². The summed E-state index contributed by atoms with van der Waals surface area (Å²) in [6.07, 6.45) is 2.27. The first-order chi connectivity index (χ1) is 8.60. The zero-order valence-corrected chi connectivity index (χ0v) is 8.96. The Morgan fingerprint density at radius 3 is 2.83 bits per heavy atom. The van der Waals surface area contributed by atoms with Crippen LogP contribution in [0.2, 0.25) is 0 Å². The van der Waals surface area contributed by atoms with Crippen LogP contribution >= 0.6 is 0 Å². The maximum Gasteiger partial charge on any atom is 0.292 e. The summed E-state index contributed by atoms with van der Waals surface area (Å²) in [7, 11) is 0. The predicted octanol–water partition coefficient (Wildman–Crippen LogP) is 0.861. The van der Waals surface area contributed by atoms with Crippen molar-refractivity contribution < 1.29 is 18.3 Å². The second-order valence-electron chi connectivity index (χ2n) is 3.45. The lowest BCUT2D eigenvalue weighted by Gasteiger charge is -1.99. The third-order valence-corrected chi connectivity index (χ3v) is 2.20. The minimum Gasteiger partial charge on any atom is -0.290 e. The fourth-order valence-electron chi connectivity index (χ4n) is 1.39. The lowest BCUT2D eigenvalue weighted by Crippen LogP contribution is -2.23. The van der Waals surface area contributed by atoms with Crippen molar-refractivity contribution in [3.8, 4) is 0 Å². The van der Waals surface area contributed by atoms with Gasteiger partial charge in [-0.1, -0.05) is 4.68 Å². The molecule has 0 spiro atoms. The van der Waals surface area contributed by atoms with Crippen LogP contribution in [0.25, 0.3) is 0 Å². The first-order valence-corrected chi connectivity index (χ1v) is 4.86. The number of rotatable bonds is 4. The summed E-state index contributed by atoms with van der Waals surface area (Å²) in [5, 5.41) is 6.22. The van der Waals surface area contributed by atoms with Gasteiger partial charge in [-0.05, 0) is 12.1 Å². The van der Waals surface area contributed by atoms with Crippen LogP contribution in [0.1, 0.15) is 10.4 Å². The molecule has 0 N–H and O–H groups in total. The minimum atomic E-state index is -0.937. The number of aromatic nitrogens is 3. The van der Waals surface area contributed by atoms with Crippen LogP contribution in [0.5, 0.6) is 0 Å². The van der Waals surface area contributed by atoms with E-state index in [1.54, 1.807) is 0 Å². The molecule has 1 aromatic heterocycles. The molecule has 1 aromatic carbocycles. The molecule has 0 fully saturated rings. The number of nitroso groups, excluding NO2 is 1. The highest BCUT2D eigenvalue weighted by Crippen LogP contribution is 2.10. The standard InChI is InChI=1S/C10H7F2N4O2/c11-7-1-2-8(9(12)3-7)10(17)4-15-6-16(14-18)5-13-15/h1-3,5-6H,4H2/q+1. The number of carbonyl (C=O) groups is 1. The predicted molar refractivity (Wildman–Crippen MR) is 54.3 cm³/mol. The molecule has 0 saturated heterocycles. The molecular weight excluding hydrogens is 246 g/mol. The van der Waals surface area contributed by atoms with E-state index in [4.69, 9.17) is 0 Å². The molecule has 0 aliphatic heterocycles. The second kappa shape index (κ2) is 4.78. The third-order valence-electron chi connectivity index (χ3n) is 2.20. The summed E-state index contributed by atoms with van der Waals surface area (Å²) in [4.78, 5) is 21.8. The zero-order valence-electron chi connectivity index (χ0n) is 8.96. The van der Waals surface area contributed by atoms with Crippen molar-refractivity contribution in [3.05, 3.63) is 53.0 Å². The minimum absolute atomic E-state index is 0.238. The topological polar surface area (TPSA) is 68.2 Å². The van der Waals surface area contributed by atoms with Gasteiger partial charge in [0.1, 0.15) is 16.9 Å². The fourth-order valence-corrected chi connectivity index (χ4v) is 1.39. The number of carbonyl (C=O) groups excluding carboxylic acids is 1. The SMILES string of the molecule is O=N[n+]1cnn(CC(=O)c2ccc(F)cc2F)c1. The van der Waals surface area contributed by atoms with Gasteiger partial charge in [0.25, 0.3) is 12.7 Å². The summed E-state index contributed by atoms with van der Waals surface area (Å²) in [5.74, 6) is -2.28. The van der Waals surface area contributed by atoms with E-state index in [-0.39, 0.29) is 12.1 Å². The molecule has 0 radical (unpaired) electrons. The number of hydrogen-bond acceptors (Lipinski definition) is 4. The number of ketones is 1. The number of halogens is 2. The lowest BCUT2D eigenvalue weighted by molar-refractivity contribution is -0.681. The number of nitrogens with zero attached hydrogens (tertiary/aromatic N) is 4. The first-order valence-electron chi connectivity index (χ1n) is 4.86. The van der Waals surface area contributed by atoms with Crippen LogP contribution in [0.4, 0.5) is 8.78 Å². The summed E-state index contributed by atoms with van der Waals surface area (Å²) in [6.45, 7) is -0.273. The third kappa shape index (κ3) is 2.42. The Morgan fingerprint density at radius 1 is 1.44 bits per heavy atom. The van der Waals surface area contributed by atoms with Crippen molar-refractivity contribution in [1.29, 1.82) is 0 Å². The maximum absolute atomic E-state index is 13.3. The fraction of sp³-hybridized carbons (Fsp3) is 0.100.